The molecule has 0 aliphatic heterocycles. The van der Waals surface area contributed by atoms with E-state index in [4.69, 9.17) is 5.11 Å². The summed E-state index contributed by atoms with van der Waals surface area (Å²) in [7, 11) is 1.48. The zero-order valence-corrected chi connectivity index (χ0v) is 12.1. The predicted molar refractivity (Wildman–Crippen MR) is 74.2 cm³/mol. The van der Waals surface area contributed by atoms with Crippen molar-refractivity contribution >= 4 is 11.9 Å². The molecule has 0 aromatic carbocycles. The van der Waals surface area contributed by atoms with E-state index >= 15 is 0 Å². The molecule has 0 fully saturated rings. The maximum Gasteiger partial charge on any atom is 0.354 e. The molecule has 8 heteroatoms. The Kier molecular flexibility index (Phi) is 4.06. The molecule has 0 spiro atoms. The zero-order valence-electron chi connectivity index (χ0n) is 12.1. The Labute approximate surface area is 121 Å². The highest BCUT2D eigenvalue weighted by Crippen LogP contribution is 2.07. The van der Waals surface area contributed by atoms with Crippen LogP contribution in [0.2, 0.25) is 0 Å². The first-order chi connectivity index (χ1) is 9.90. The summed E-state index contributed by atoms with van der Waals surface area (Å²) in [5.74, 6) is -1.64. The molecule has 2 aromatic heterocycles. The van der Waals surface area contributed by atoms with Crippen LogP contribution in [0, 0.1) is 13.8 Å². The number of carboxylic acids is 1. The molecule has 2 aromatic rings. The lowest BCUT2D eigenvalue weighted by Gasteiger charge is -2.06. The van der Waals surface area contributed by atoms with Crippen LogP contribution in [0.15, 0.2) is 12.3 Å². The second kappa shape index (κ2) is 5.78. The van der Waals surface area contributed by atoms with Gasteiger partial charge >= 0.3 is 5.97 Å². The van der Waals surface area contributed by atoms with E-state index in [-0.39, 0.29) is 11.3 Å². The van der Waals surface area contributed by atoms with Crippen LogP contribution in [-0.4, -0.2) is 43.1 Å². The fourth-order valence-electron chi connectivity index (χ4n) is 2.13. The molecule has 0 aliphatic rings. The van der Waals surface area contributed by atoms with Gasteiger partial charge in [0.25, 0.3) is 5.91 Å². The zero-order chi connectivity index (χ0) is 15.6. The molecule has 0 radical (unpaired) electrons. The smallest absolute Gasteiger partial charge is 0.354 e. The lowest BCUT2D eigenvalue weighted by atomic mass is 10.2. The van der Waals surface area contributed by atoms with Gasteiger partial charge in [-0.1, -0.05) is 0 Å². The van der Waals surface area contributed by atoms with E-state index in [0.29, 0.717) is 13.1 Å². The number of amides is 1. The summed E-state index contributed by atoms with van der Waals surface area (Å²) < 4.78 is 2.95. The summed E-state index contributed by atoms with van der Waals surface area (Å²) >= 11 is 0. The van der Waals surface area contributed by atoms with Gasteiger partial charge in [-0.2, -0.15) is 10.2 Å². The van der Waals surface area contributed by atoms with E-state index in [1.54, 1.807) is 4.68 Å². The molecule has 1 amide bonds. The van der Waals surface area contributed by atoms with Gasteiger partial charge in [-0.05, 0) is 19.9 Å². The summed E-state index contributed by atoms with van der Waals surface area (Å²) in [6.45, 7) is 4.71. The minimum Gasteiger partial charge on any atom is -0.477 e. The number of rotatable bonds is 5. The number of carbonyl (C=O) groups is 2. The molecule has 0 saturated carbocycles. The van der Waals surface area contributed by atoms with Crippen molar-refractivity contribution in [1.82, 2.24) is 24.9 Å². The summed E-state index contributed by atoms with van der Waals surface area (Å²) in [4.78, 5) is 23.1. The van der Waals surface area contributed by atoms with Crippen molar-refractivity contribution in [2.45, 2.75) is 20.4 Å². The molecule has 0 aliphatic carbocycles. The number of hydrogen-bond donors (Lipinski definition) is 2. The van der Waals surface area contributed by atoms with Crippen molar-refractivity contribution in [1.29, 1.82) is 0 Å². The summed E-state index contributed by atoms with van der Waals surface area (Å²) in [5.41, 5.74) is 1.85. The Bertz CT molecular complexity index is 686. The van der Waals surface area contributed by atoms with Gasteiger partial charge in [-0.3, -0.25) is 14.2 Å². The Hall–Kier alpha value is -2.64. The second-order valence-electron chi connectivity index (χ2n) is 4.74. The molecule has 21 heavy (non-hydrogen) atoms. The van der Waals surface area contributed by atoms with E-state index in [9.17, 15) is 9.59 Å². The third kappa shape index (κ3) is 3.10. The van der Waals surface area contributed by atoms with Gasteiger partial charge in [0.1, 0.15) is 0 Å². The standard InChI is InChI=1S/C13H17N5O3/c1-8-6-9(2)18(16-8)5-4-14-12(19)10-7-15-17(3)11(10)13(20)21/h6-7H,4-5H2,1-3H3,(H,14,19)(H,20,21). The largest absolute Gasteiger partial charge is 0.477 e. The van der Waals surface area contributed by atoms with Crippen LogP contribution in [0.1, 0.15) is 32.2 Å². The molecule has 0 unspecified atom stereocenters. The van der Waals surface area contributed by atoms with Crippen LogP contribution in [-0.2, 0) is 13.6 Å². The van der Waals surface area contributed by atoms with Gasteiger partial charge in [0.2, 0.25) is 0 Å². The summed E-state index contributed by atoms with van der Waals surface area (Å²) in [6, 6.07) is 1.95. The van der Waals surface area contributed by atoms with Crippen LogP contribution in [0.5, 0.6) is 0 Å². The highest BCUT2D eigenvalue weighted by Gasteiger charge is 2.21. The van der Waals surface area contributed by atoms with Gasteiger partial charge in [0.15, 0.2) is 5.69 Å². The Morgan fingerprint density at radius 2 is 2.10 bits per heavy atom. The minimum absolute atomic E-state index is 0.0540. The normalized spacial score (nSPS) is 10.6. The number of aryl methyl sites for hydroxylation is 3. The molecule has 0 saturated heterocycles. The highest BCUT2D eigenvalue weighted by molar-refractivity contribution is 6.03. The molecule has 0 atom stereocenters. The third-order valence-electron chi connectivity index (χ3n) is 3.10. The second-order valence-corrected chi connectivity index (χ2v) is 4.74. The lowest BCUT2D eigenvalue weighted by Crippen LogP contribution is -2.29. The number of nitrogens with zero attached hydrogens (tertiary/aromatic N) is 4. The number of aromatic nitrogens is 4. The monoisotopic (exact) mass is 291 g/mol. The van der Waals surface area contributed by atoms with Crippen molar-refractivity contribution in [3.8, 4) is 0 Å². The first kappa shape index (κ1) is 14.8. The van der Waals surface area contributed by atoms with E-state index in [1.807, 2.05) is 19.9 Å². The molecular formula is C13H17N5O3. The predicted octanol–water partition coefficient (Wildman–Crippen LogP) is 0.362. The molecular weight excluding hydrogens is 274 g/mol. The molecule has 2 rings (SSSR count). The fraction of sp³-hybridized carbons (Fsp3) is 0.385. The number of hydrogen-bond acceptors (Lipinski definition) is 4. The SMILES string of the molecule is Cc1cc(C)n(CCNC(=O)c2cnn(C)c2C(=O)O)n1. The lowest BCUT2D eigenvalue weighted by molar-refractivity contribution is 0.0679. The number of aromatic carboxylic acids is 1. The van der Waals surface area contributed by atoms with Crippen LogP contribution in [0.25, 0.3) is 0 Å². The van der Waals surface area contributed by atoms with Gasteiger partial charge in [-0.15, -0.1) is 0 Å². The van der Waals surface area contributed by atoms with E-state index in [1.165, 1.54) is 13.2 Å². The first-order valence-corrected chi connectivity index (χ1v) is 6.44. The van der Waals surface area contributed by atoms with Crippen molar-refractivity contribution in [2.24, 2.45) is 7.05 Å². The fourth-order valence-corrected chi connectivity index (χ4v) is 2.13. The summed E-state index contributed by atoms with van der Waals surface area (Å²) in [5, 5.41) is 19.8. The van der Waals surface area contributed by atoms with Gasteiger partial charge < -0.3 is 10.4 Å². The van der Waals surface area contributed by atoms with Crippen molar-refractivity contribution in [3.63, 3.8) is 0 Å². The Morgan fingerprint density at radius 3 is 2.67 bits per heavy atom. The number of nitrogens with one attached hydrogen (secondary N) is 1. The van der Waals surface area contributed by atoms with Gasteiger partial charge in [0, 0.05) is 19.3 Å². The number of carbonyl (C=O) groups excluding carboxylic acids is 1. The first-order valence-electron chi connectivity index (χ1n) is 6.44. The van der Waals surface area contributed by atoms with Crippen molar-refractivity contribution < 1.29 is 14.7 Å². The van der Waals surface area contributed by atoms with Gasteiger partial charge in [0.05, 0.1) is 24.0 Å². The molecule has 112 valence electrons. The Morgan fingerprint density at radius 1 is 1.38 bits per heavy atom. The van der Waals surface area contributed by atoms with Crippen molar-refractivity contribution in [3.05, 3.63) is 34.9 Å². The van der Waals surface area contributed by atoms with E-state index < -0.39 is 11.9 Å². The molecule has 0 bridgehead atoms. The van der Waals surface area contributed by atoms with E-state index in [0.717, 1.165) is 16.1 Å². The third-order valence-corrected chi connectivity index (χ3v) is 3.10. The number of carboxylic acid groups (broad SMARTS) is 1. The van der Waals surface area contributed by atoms with Gasteiger partial charge in [-0.25, -0.2) is 4.79 Å². The molecule has 2 N–H and O–H groups in total. The highest BCUT2D eigenvalue weighted by atomic mass is 16.4. The average molecular weight is 291 g/mol. The quantitative estimate of drug-likeness (QED) is 0.828. The minimum atomic E-state index is -1.18. The van der Waals surface area contributed by atoms with E-state index in [2.05, 4.69) is 15.5 Å². The topological polar surface area (TPSA) is 102 Å². The van der Waals surface area contributed by atoms with Crippen LogP contribution in [0.3, 0.4) is 0 Å². The molecule has 8 nitrogen and oxygen atoms in total. The maximum absolute atomic E-state index is 12.0. The Balaban J connectivity index is 1.99. The van der Waals surface area contributed by atoms with Crippen LogP contribution >= 0.6 is 0 Å². The van der Waals surface area contributed by atoms with Crippen LogP contribution in [0.4, 0.5) is 0 Å². The average Bonchev–Trinajstić information content (AvgIpc) is 2.92. The summed E-state index contributed by atoms with van der Waals surface area (Å²) in [6.07, 6.45) is 1.25. The maximum atomic E-state index is 12.0. The van der Waals surface area contributed by atoms with Crippen LogP contribution < -0.4 is 5.32 Å². The van der Waals surface area contributed by atoms with Crippen molar-refractivity contribution in [2.75, 3.05) is 6.54 Å². The molecule has 2 heterocycles.